The first-order valence-corrected chi connectivity index (χ1v) is 13.2. The molecule has 0 fully saturated rings. The molecule has 7 nitrogen and oxygen atoms in total. The van der Waals surface area contributed by atoms with Crippen LogP contribution in [0.3, 0.4) is 0 Å². The minimum atomic E-state index is -4.14. The van der Waals surface area contributed by atoms with Gasteiger partial charge < -0.3 is 5.11 Å². The SMILES string of the molecule is CCCCCCCCCCCCCCCCCCOS(=O)(=O)NC(=O)CCC(=O)O.[NaH]. The van der Waals surface area contributed by atoms with Gasteiger partial charge >= 0.3 is 45.8 Å². The second-order valence-corrected chi connectivity index (χ2v) is 9.35. The summed E-state index contributed by atoms with van der Waals surface area (Å²) in [4.78, 5) is 21.7. The van der Waals surface area contributed by atoms with Crippen LogP contribution in [0.2, 0.25) is 0 Å². The topological polar surface area (TPSA) is 110 Å². The van der Waals surface area contributed by atoms with E-state index in [-0.39, 0.29) is 36.2 Å². The number of unbranched alkanes of at least 4 members (excludes halogenated alkanes) is 15. The summed E-state index contributed by atoms with van der Waals surface area (Å²) in [6, 6.07) is 0. The number of carbonyl (C=O) groups is 2. The zero-order valence-electron chi connectivity index (χ0n) is 18.8. The van der Waals surface area contributed by atoms with E-state index in [0.717, 1.165) is 19.3 Å². The van der Waals surface area contributed by atoms with Gasteiger partial charge in [0, 0.05) is 6.42 Å². The third kappa shape index (κ3) is 26.0. The molecule has 0 unspecified atom stereocenters. The van der Waals surface area contributed by atoms with E-state index in [1.807, 2.05) is 0 Å². The first-order chi connectivity index (χ1) is 14.4. The fourth-order valence-electron chi connectivity index (χ4n) is 3.26. The average molecular weight is 474 g/mol. The fraction of sp³-hybridized carbons (Fsp3) is 0.909. The molecule has 0 heterocycles. The van der Waals surface area contributed by atoms with Crippen molar-refractivity contribution in [1.29, 1.82) is 0 Å². The van der Waals surface area contributed by atoms with Gasteiger partial charge in [0.05, 0.1) is 13.0 Å². The van der Waals surface area contributed by atoms with Gasteiger partial charge in [0.15, 0.2) is 0 Å². The number of hydrogen-bond donors (Lipinski definition) is 2. The van der Waals surface area contributed by atoms with E-state index in [2.05, 4.69) is 6.92 Å². The summed E-state index contributed by atoms with van der Waals surface area (Å²) in [6.07, 6.45) is 19.0. The van der Waals surface area contributed by atoms with E-state index >= 15 is 0 Å². The number of carboxylic acid groups (broad SMARTS) is 1. The predicted octanol–water partition coefficient (Wildman–Crippen LogP) is 4.84. The normalized spacial score (nSPS) is 11.1. The van der Waals surface area contributed by atoms with Gasteiger partial charge in [-0.15, -0.1) is 0 Å². The fourth-order valence-corrected chi connectivity index (χ4v) is 4.04. The third-order valence-corrected chi connectivity index (χ3v) is 6.00. The van der Waals surface area contributed by atoms with E-state index in [4.69, 9.17) is 9.29 Å². The van der Waals surface area contributed by atoms with Crippen LogP contribution in [0.25, 0.3) is 0 Å². The van der Waals surface area contributed by atoms with Gasteiger partial charge in [-0.1, -0.05) is 103 Å². The van der Waals surface area contributed by atoms with Gasteiger partial charge in [-0.2, -0.15) is 8.42 Å². The van der Waals surface area contributed by atoms with Gasteiger partial charge in [0.2, 0.25) is 5.91 Å². The summed E-state index contributed by atoms with van der Waals surface area (Å²) in [6.45, 7) is 2.28. The number of rotatable bonds is 22. The molecule has 180 valence electrons. The molecule has 0 aliphatic rings. The molecular weight excluding hydrogens is 429 g/mol. The quantitative estimate of drug-likeness (QED) is 0.172. The Hall–Kier alpha value is -0.150. The van der Waals surface area contributed by atoms with Crippen LogP contribution in [0.15, 0.2) is 0 Å². The monoisotopic (exact) mass is 473 g/mol. The van der Waals surface area contributed by atoms with Crippen molar-refractivity contribution in [3.63, 3.8) is 0 Å². The van der Waals surface area contributed by atoms with Gasteiger partial charge in [0.1, 0.15) is 0 Å². The first-order valence-electron chi connectivity index (χ1n) is 11.8. The molecule has 0 bridgehead atoms. The van der Waals surface area contributed by atoms with Crippen LogP contribution in [0, 0.1) is 0 Å². The van der Waals surface area contributed by atoms with Gasteiger partial charge in [0.25, 0.3) is 0 Å². The zero-order chi connectivity index (χ0) is 22.5. The van der Waals surface area contributed by atoms with Crippen LogP contribution in [0.4, 0.5) is 0 Å². The molecule has 31 heavy (non-hydrogen) atoms. The molecule has 0 aliphatic heterocycles. The molecule has 0 aliphatic carbocycles. The molecular formula is C22H44NNaO6S. The van der Waals surface area contributed by atoms with Crippen molar-refractivity contribution in [3.8, 4) is 0 Å². The van der Waals surface area contributed by atoms with Crippen molar-refractivity contribution >= 4 is 51.7 Å². The maximum atomic E-state index is 11.5. The molecule has 9 heteroatoms. The standard InChI is InChI=1S/C22H43NO6S.Na.H/c1-2-3-4-5-6-7-8-9-10-11-12-13-14-15-16-17-20-29-30(27,28)23-21(24)18-19-22(25)26;;/h2-20H2,1H3,(H,23,24)(H,25,26);;. The second kappa shape index (κ2) is 23.0. The molecule has 0 saturated heterocycles. The average Bonchev–Trinajstić information content (AvgIpc) is 2.68. The molecule has 0 rings (SSSR count). The minimum absolute atomic E-state index is 0. The Kier molecular flexibility index (Phi) is 24.5. The number of nitrogens with one attached hydrogen (secondary N) is 1. The summed E-state index contributed by atoms with van der Waals surface area (Å²) in [5.74, 6) is -2.03. The number of amides is 1. The van der Waals surface area contributed by atoms with Gasteiger partial charge in [-0.05, 0) is 6.42 Å². The Balaban J connectivity index is 0. The van der Waals surface area contributed by atoms with Gasteiger partial charge in [-0.25, -0.2) is 4.72 Å². The molecule has 0 aromatic heterocycles. The van der Waals surface area contributed by atoms with E-state index in [9.17, 15) is 18.0 Å². The number of aliphatic carboxylic acids is 1. The number of carboxylic acids is 1. The molecule has 1 amide bonds. The van der Waals surface area contributed by atoms with Crippen molar-refractivity contribution in [2.24, 2.45) is 0 Å². The Morgan fingerprint density at radius 2 is 1.10 bits per heavy atom. The van der Waals surface area contributed by atoms with Crippen LogP contribution in [0.1, 0.15) is 122 Å². The molecule has 0 atom stereocenters. The predicted molar refractivity (Wildman–Crippen MR) is 127 cm³/mol. The summed E-state index contributed by atoms with van der Waals surface area (Å²) in [7, 11) is -4.14. The number of hydrogen-bond acceptors (Lipinski definition) is 5. The van der Waals surface area contributed by atoms with E-state index in [1.54, 1.807) is 4.72 Å². The van der Waals surface area contributed by atoms with Crippen molar-refractivity contribution in [2.75, 3.05) is 6.61 Å². The van der Waals surface area contributed by atoms with Crippen LogP contribution < -0.4 is 4.72 Å². The Morgan fingerprint density at radius 3 is 1.48 bits per heavy atom. The third-order valence-electron chi connectivity index (χ3n) is 5.04. The maximum absolute atomic E-state index is 11.5. The van der Waals surface area contributed by atoms with Crippen molar-refractivity contribution < 1.29 is 27.3 Å². The Bertz CT molecular complexity index is 542. The number of carbonyl (C=O) groups excluding carboxylic acids is 1. The molecule has 2 N–H and O–H groups in total. The molecule has 0 aromatic carbocycles. The summed E-state index contributed by atoms with van der Waals surface area (Å²) < 4.78 is 29.5. The van der Waals surface area contributed by atoms with Crippen molar-refractivity contribution in [3.05, 3.63) is 0 Å². The zero-order valence-corrected chi connectivity index (χ0v) is 19.6. The van der Waals surface area contributed by atoms with E-state index < -0.39 is 35.0 Å². The Labute approximate surface area is 212 Å². The van der Waals surface area contributed by atoms with Crippen molar-refractivity contribution in [2.45, 2.75) is 122 Å². The van der Waals surface area contributed by atoms with Crippen LogP contribution >= 0.6 is 0 Å². The first kappa shape index (κ1) is 33.0. The van der Waals surface area contributed by atoms with E-state index in [0.29, 0.717) is 6.42 Å². The van der Waals surface area contributed by atoms with Crippen LogP contribution in [-0.2, 0) is 24.1 Å². The van der Waals surface area contributed by atoms with Crippen LogP contribution in [-0.4, -0.2) is 61.6 Å². The van der Waals surface area contributed by atoms with Crippen LogP contribution in [0.5, 0.6) is 0 Å². The van der Waals surface area contributed by atoms with Gasteiger partial charge in [-0.3, -0.25) is 13.8 Å². The second-order valence-electron chi connectivity index (χ2n) is 8.00. The summed E-state index contributed by atoms with van der Waals surface area (Å²) in [5.41, 5.74) is 0. The molecule has 0 radical (unpaired) electrons. The molecule has 0 spiro atoms. The Morgan fingerprint density at radius 1 is 0.710 bits per heavy atom. The summed E-state index contributed by atoms with van der Waals surface area (Å²) >= 11 is 0. The van der Waals surface area contributed by atoms with Crippen molar-refractivity contribution in [1.82, 2.24) is 4.72 Å². The van der Waals surface area contributed by atoms with E-state index in [1.165, 1.54) is 77.0 Å². The summed E-state index contributed by atoms with van der Waals surface area (Å²) in [5, 5.41) is 8.47. The molecule has 0 saturated carbocycles. The molecule has 0 aromatic rings.